The van der Waals surface area contributed by atoms with Crippen LogP contribution in [0, 0.1) is 0 Å². The molecule has 0 unspecified atom stereocenters. The number of aromatic nitrogens is 5. The van der Waals surface area contributed by atoms with E-state index in [0.717, 1.165) is 46.0 Å². The van der Waals surface area contributed by atoms with E-state index in [-0.39, 0.29) is 5.56 Å². The molecule has 0 spiro atoms. The summed E-state index contributed by atoms with van der Waals surface area (Å²) in [6.45, 7) is 6.28. The van der Waals surface area contributed by atoms with Crippen LogP contribution in [0.5, 0.6) is 5.75 Å². The van der Waals surface area contributed by atoms with Gasteiger partial charge in [-0.25, -0.2) is 4.68 Å². The SMILES string of the molecule is C=CCOc1ccc(-c2nc3sc(=Cc4cn(-c5ccccc5)nc4-c4ccc(SCCC)cc4)c(=O)n3n2)cc1. The van der Waals surface area contributed by atoms with Crippen LogP contribution in [0.4, 0.5) is 0 Å². The summed E-state index contributed by atoms with van der Waals surface area (Å²) in [7, 11) is 0. The molecule has 41 heavy (non-hydrogen) atoms. The lowest BCUT2D eigenvalue weighted by atomic mass is 10.1. The Morgan fingerprint density at radius 2 is 1.73 bits per heavy atom. The Morgan fingerprint density at radius 3 is 2.44 bits per heavy atom. The fourth-order valence-electron chi connectivity index (χ4n) is 4.31. The Labute approximate surface area is 245 Å². The Morgan fingerprint density at radius 1 is 0.976 bits per heavy atom. The van der Waals surface area contributed by atoms with Gasteiger partial charge in [-0.2, -0.15) is 14.6 Å². The Bertz CT molecular complexity index is 1910. The van der Waals surface area contributed by atoms with Crippen molar-refractivity contribution in [2.24, 2.45) is 0 Å². The first-order valence-electron chi connectivity index (χ1n) is 13.3. The summed E-state index contributed by atoms with van der Waals surface area (Å²) in [4.78, 5) is 19.8. The molecule has 0 aliphatic rings. The molecule has 0 atom stereocenters. The molecule has 0 aliphatic carbocycles. The summed E-state index contributed by atoms with van der Waals surface area (Å²) in [6.07, 6.45) is 6.67. The first-order valence-corrected chi connectivity index (χ1v) is 15.1. The maximum Gasteiger partial charge on any atom is 0.291 e. The molecule has 0 amide bonds. The Kier molecular flexibility index (Phi) is 7.80. The molecule has 0 bridgehead atoms. The maximum absolute atomic E-state index is 13.4. The van der Waals surface area contributed by atoms with Crippen molar-refractivity contribution in [3.8, 4) is 34.1 Å². The van der Waals surface area contributed by atoms with Crippen molar-refractivity contribution in [1.29, 1.82) is 0 Å². The third kappa shape index (κ3) is 5.73. The van der Waals surface area contributed by atoms with Crippen LogP contribution in [0.3, 0.4) is 0 Å². The van der Waals surface area contributed by atoms with E-state index in [0.29, 0.717) is 21.9 Å². The average molecular weight is 578 g/mol. The van der Waals surface area contributed by atoms with Crippen LogP contribution in [0.25, 0.3) is 39.4 Å². The van der Waals surface area contributed by atoms with Crippen LogP contribution in [0.2, 0.25) is 0 Å². The highest BCUT2D eigenvalue weighted by atomic mass is 32.2. The van der Waals surface area contributed by atoms with E-state index in [2.05, 4.69) is 47.9 Å². The van der Waals surface area contributed by atoms with Crippen molar-refractivity contribution in [3.05, 3.63) is 118 Å². The fourth-order valence-corrected chi connectivity index (χ4v) is 5.98. The first kappa shape index (κ1) is 26.7. The number of thioether (sulfide) groups is 1. The summed E-state index contributed by atoms with van der Waals surface area (Å²) in [5.41, 5.74) is 4.18. The molecule has 7 nitrogen and oxygen atoms in total. The third-order valence-corrected chi connectivity index (χ3v) is 8.49. The summed E-state index contributed by atoms with van der Waals surface area (Å²) in [5, 5.41) is 9.42. The number of nitrogens with zero attached hydrogens (tertiary/aromatic N) is 5. The highest BCUT2D eigenvalue weighted by Gasteiger charge is 2.15. The number of rotatable bonds is 10. The maximum atomic E-state index is 13.4. The quantitative estimate of drug-likeness (QED) is 0.141. The summed E-state index contributed by atoms with van der Waals surface area (Å²) in [6, 6.07) is 25.9. The number of ether oxygens (including phenoxy) is 1. The zero-order chi connectivity index (χ0) is 28.2. The van der Waals surface area contributed by atoms with E-state index in [1.54, 1.807) is 6.08 Å². The van der Waals surface area contributed by atoms with Crippen molar-refractivity contribution in [2.75, 3.05) is 12.4 Å². The molecule has 204 valence electrons. The molecule has 3 aromatic heterocycles. The smallest absolute Gasteiger partial charge is 0.291 e. The number of para-hydroxylation sites is 1. The van der Waals surface area contributed by atoms with E-state index in [9.17, 15) is 4.79 Å². The molecule has 3 heterocycles. The number of benzene rings is 3. The van der Waals surface area contributed by atoms with Gasteiger partial charge in [0.1, 0.15) is 12.4 Å². The van der Waals surface area contributed by atoms with Gasteiger partial charge in [-0.15, -0.1) is 16.9 Å². The second kappa shape index (κ2) is 12.0. The molecule has 6 aromatic rings. The summed E-state index contributed by atoms with van der Waals surface area (Å²) < 4.78 is 9.32. The third-order valence-electron chi connectivity index (χ3n) is 6.31. The largest absolute Gasteiger partial charge is 0.490 e. The van der Waals surface area contributed by atoms with E-state index in [1.807, 2.05) is 83.3 Å². The minimum absolute atomic E-state index is 0.209. The molecule has 0 aliphatic heterocycles. The van der Waals surface area contributed by atoms with Gasteiger partial charge in [0, 0.05) is 27.8 Å². The van der Waals surface area contributed by atoms with Crippen LogP contribution in [0.15, 0.2) is 107 Å². The Balaban J connectivity index is 1.37. The molecule has 0 fully saturated rings. The predicted octanol–water partition coefficient (Wildman–Crippen LogP) is 6.29. The van der Waals surface area contributed by atoms with Crippen LogP contribution in [0.1, 0.15) is 18.9 Å². The molecule has 0 N–H and O–H groups in total. The second-order valence-corrected chi connectivity index (χ2v) is 11.4. The summed E-state index contributed by atoms with van der Waals surface area (Å²) in [5.74, 6) is 2.31. The number of thiazole rings is 1. The van der Waals surface area contributed by atoms with Crippen molar-refractivity contribution in [1.82, 2.24) is 24.4 Å². The molecule has 0 saturated carbocycles. The fraction of sp³-hybridized carbons (Fsp3) is 0.125. The van der Waals surface area contributed by atoms with Crippen LogP contribution < -0.4 is 14.8 Å². The molecule has 3 aromatic carbocycles. The zero-order valence-corrected chi connectivity index (χ0v) is 24.1. The first-order chi connectivity index (χ1) is 20.1. The molecule has 0 radical (unpaired) electrons. The standard InChI is InChI=1S/C32H27N5O2S2/c1-3-18-39-26-14-10-23(11-15-26)30-33-32-37(35-30)31(38)28(41-32)20-24-21-36(25-8-6-5-7-9-25)34-29(24)22-12-16-27(17-13-22)40-19-4-2/h3,5-17,20-21H,1,4,18-19H2,2H3. The highest BCUT2D eigenvalue weighted by molar-refractivity contribution is 7.99. The van der Waals surface area contributed by atoms with Gasteiger partial charge < -0.3 is 4.74 Å². The van der Waals surface area contributed by atoms with Gasteiger partial charge in [0.05, 0.1) is 15.9 Å². The van der Waals surface area contributed by atoms with E-state index >= 15 is 0 Å². The normalized spacial score (nSPS) is 11.8. The number of fused-ring (bicyclic) bond motifs is 1. The van der Waals surface area contributed by atoms with Gasteiger partial charge in [-0.3, -0.25) is 4.79 Å². The van der Waals surface area contributed by atoms with E-state index in [1.165, 1.54) is 20.7 Å². The predicted molar refractivity (Wildman–Crippen MR) is 167 cm³/mol. The topological polar surface area (TPSA) is 74.3 Å². The van der Waals surface area contributed by atoms with Gasteiger partial charge in [0.2, 0.25) is 4.96 Å². The minimum Gasteiger partial charge on any atom is -0.490 e. The number of hydrogen-bond donors (Lipinski definition) is 0. The molecular formula is C32H27N5O2S2. The zero-order valence-electron chi connectivity index (χ0n) is 22.4. The van der Waals surface area contributed by atoms with Gasteiger partial charge in [0.25, 0.3) is 5.56 Å². The number of hydrogen-bond acceptors (Lipinski definition) is 7. The lowest BCUT2D eigenvalue weighted by Crippen LogP contribution is -2.23. The van der Waals surface area contributed by atoms with Crippen molar-refractivity contribution in [3.63, 3.8) is 0 Å². The van der Waals surface area contributed by atoms with E-state index < -0.39 is 0 Å². The lowest BCUT2D eigenvalue weighted by Gasteiger charge is -2.03. The van der Waals surface area contributed by atoms with Crippen LogP contribution >= 0.6 is 23.1 Å². The molecule has 6 rings (SSSR count). The molecule has 0 saturated heterocycles. The second-order valence-electron chi connectivity index (χ2n) is 9.26. The van der Waals surface area contributed by atoms with E-state index in [4.69, 9.17) is 9.84 Å². The van der Waals surface area contributed by atoms with Gasteiger partial charge >= 0.3 is 0 Å². The monoisotopic (exact) mass is 577 g/mol. The lowest BCUT2D eigenvalue weighted by molar-refractivity contribution is 0.363. The van der Waals surface area contributed by atoms with Crippen LogP contribution in [-0.4, -0.2) is 36.7 Å². The van der Waals surface area contributed by atoms with Gasteiger partial charge in [-0.05, 0) is 66.8 Å². The van der Waals surface area contributed by atoms with Gasteiger partial charge in [0.15, 0.2) is 5.82 Å². The highest BCUT2D eigenvalue weighted by Crippen LogP contribution is 2.28. The van der Waals surface area contributed by atoms with Crippen molar-refractivity contribution >= 4 is 34.1 Å². The van der Waals surface area contributed by atoms with Crippen molar-refractivity contribution < 1.29 is 4.74 Å². The minimum atomic E-state index is -0.209. The molecule has 9 heteroatoms. The Hall–Kier alpha value is -4.47. The average Bonchev–Trinajstić information content (AvgIpc) is 3.71. The van der Waals surface area contributed by atoms with Gasteiger partial charge in [-0.1, -0.05) is 61.2 Å². The molecular weight excluding hydrogens is 551 g/mol. The summed E-state index contributed by atoms with van der Waals surface area (Å²) >= 11 is 3.16. The van der Waals surface area contributed by atoms with Crippen molar-refractivity contribution in [2.45, 2.75) is 18.2 Å². The van der Waals surface area contributed by atoms with Crippen LogP contribution in [-0.2, 0) is 0 Å².